The summed E-state index contributed by atoms with van der Waals surface area (Å²) in [4.78, 5) is 26.7. The molecule has 2 atom stereocenters. The Bertz CT molecular complexity index is 834. The average molecular weight is 350 g/mol. The molecule has 0 saturated carbocycles. The molecule has 2 amide bonds. The summed E-state index contributed by atoms with van der Waals surface area (Å²) in [5.41, 5.74) is 5.57. The van der Waals surface area contributed by atoms with Crippen molar-refractivity contribution in [2.75, 3.05) is 6.54 Å². The SMILES string of the molecule is O=C(NO)c1ccc2c(c1)C(C1CCN(Cc3ccccc3)C1=O)CC2. The monoisotopic (exact) mass is 350 g/mol. The number of benzene rings is 2. The second kappa shape index (κ2) is 6.92. The summed E-state index contributed by atoms with van der Waals surface area (Å²) in [7, 11) is 0. The van der Waals surface area contributed by atoms with Gasteiger partial charge in [-0.1, -0.05) is 36.4 Å². The predicted octanol–water partition coefficient (Wildman–Crippen LogP) is 2.88. The van der Waals surface area contributed by atoms with Crippen molar-refractivity contribution in [2.45, 2.75) is 31.7 Å². The number of carbonyl (C=O) groups excluding carboxylic acids is 2. The Labute approximate surface area is 152 Å². The van der Waals surface area contributed by atoms with Crippen LogP contribution in [0.3, 0.4) is 0 Å². The van der Waals surface area contributed by atoms with Crippen LogP contribution in [0.25, 0.3) is 0 Å². The molecule has 1 heterocycles. The fourth-order valence-electron chi connectivity index (χ4n) is 4.36. The van der Waals surface area contributed by atoms with E-state index in [0.717, 1.165) is 36.9 Å². The molecule has 1 aliphatic carbocycles. The highest BCUT2D eigenvalue weighted by Crippen LogP contribution is 2.43. The van der Waals surface area contributed by atoms with Gasteiger partial charge in [0.25, 0.3) is 5.91 Å². The highest BCUT2D eigenvalue weighted by Gasteiger charge is 2.40. The Kier molecular flexibility index (Phi) is 4.47. The third-order valence-electron chi connectivity index (χ3n) is 5.67. The zero-order valence-electron chi connectivity index (χ0n) is 14.5. The molecule has 1 saturated heterocycles. The molecule has 2 aromatic rings. The number of hydrogen-bond donors (Lipinski definition) is 2. The van der Waals surface area contributed by atoms with Crippen molar-refractivity contribution < 1.29 is 14.8 Å². The number of aryl methyl sites for hydroxylation is 1. The fourth-order valence-corrected chi connectivity index (χ4v) is 4.36. The molecule has 5 nitrogen and oxygen atoms in total. The smallest absolute Gasteiger partial charge is 0.274 e. The summed E-state index contributed by atoms with van der Waals surface area (Å²) < 4.78 is 0. The Morgan fingerprint density at radius 3 is 2.69 bits per heavy atom. The van der Waals surface area contributed by atoms with Crippen LogP contribution in [0.1, 0.15) is 45.8 Å². The van der Waals surface area contributed by atoms with E-state index in [1.807, 2.05) is 47.4 Å². The van der Waals surface area contributed by atoms with Crippen molar-refractivity contribution in [3.8, 4) is 0 Å². The lowest BCUT2D eigenvalue weighted by molar-refractivity contribution is -0.132. The zero-order chi connectivity index (χ0) is 18.1. The Morgan fingerprint density at radius 1 is 1.12 bits per heavy atom. The first-order valence-corrected chi connectivity index (χ1v) is 9.07. The van der Waals surface area contributed by atoms with Gasteiger partial charge in [-0.15, -0.1) is 0 Å². The number of likely N-dealkylation sites (tertiary alicyclic amines) is 1. The van der Waals surface area contributed by atoms with Crippen LogP contribution in [0.5, 0.6) is 0 Å². The van der Waals surface area contributed by atoms with E-state index in [9.17, 15) is 9.59 Å². The molecule has 0 bridgehead atoms. The Hall–Kier alpha value is -2.66. The van der Waals surface area contributed by atoms with Crippen LogP contribution in [0.15, 0.2) is 48.5 Å². The number of hydroxylamine groups is 1. The van der Waals surface area contributed by atoms with Gasteiger partial charge in [0.2, 0.25) is 5.91 Å². The van der Waals surface area contributed by atoms with Crippen molar-refractivity contribution in [3.63, 3.8) is 0 Å². The molecule has 2 N–H and O–H groups in total. The van der Waals surface area contributed by atoms with Crippen LogP contribution < -0.4 is 5.48 Å². The maximum atomic E-state index is 13.0. The topological polar surface area (TPSA) is 69.6 Å². The summed E-state index contributed by atoms with van der Waals surface area (Å²) in [6.07, 6.45) is 2.73. The van der Waals surface area contributed by atoms with Crippen LogP contribution in [0.4, 0.5) is 0 Å². The first-order chi connectivity index (χ1) is 12.7. The minimum atomic E-state index is -0.512. The van der Waals surface area contributed by atoms with Crippen LogP contribution >= 0.6 is 0 Å². The van der Waals surface area contributed by atoms with Crippen molar-refractivity contribution in [3.05, 3.63) is 70.8 Å². The highest BCUT2D eigenvalue weighted by molar-refractivity contribution is 5.93. The molecular weight excluding hydrogens is 328 g/mol. The van der Waals surface area contributed by atoms with Crippen molar-refractivity contribution in [2.24, 2.45) is 5.92 Å². The van der Waals surface area contributed by atoms with Crippen molar-refractivity contribution >= 4 is 11.8 Å². The lowest BCUT2D eigenvalue weighted by Gasteiger charge is -2.21. The van der Waals surface area contributed by atoms with E-state index in [2.05, 4.69) is 0 Å². The van der Waals surface area contributed by atoms with Gasteiger partial charge in [-0.05, 0) is 54.0 Å². The number of nitrogens with zero attached hydrogens (tertiary/aromatic N) is 1. The molecular formula is C21H22N2O3. The van der Waals surface area contributed by atoms with Gasteiger partial charge in [0.05, 0.1) is 0 Å². The van der Waals surface area contributed by atoms with Gasteiger partial charge in [0.1, 0.15) is 0 Å². The van der Waals surface area contributed by atoms with Gasteiger partial charge in [0, 0.05) is 24.6 Å². The molecule has 1 fully saturated rings. The van der Waals surface area contributed by atoms with Crippen LogP contribution in [-0.4, -0.2) is 28.5 Å². The maximum absolute atomic E-state index is 13.0. The van der Waals surface area contributed by atoms with E-state index >= 15 is 0 Å². The zero-order valence-corrected chi connectivity index (χ0v) is 14.5. The molecule has 5 heteroatoms. The molecule has 1 aliphatic heterocycles. The molecule has 0 radical (unpaired) electrons. The first-order valence-electron chi connectivity index (χ1n) is 9.07. The Morgan fingerprint density at radius 2 is 1.92 bits per heavy atom. The van der Waals surface area contributed by atoms with Gasteiger partial charge in [-0.3, -0.25) is 14.8 Å². The second-order valence-corrected chi connectivity index (χ2v) is 7.14. The molecule has 2 unspecified atom stereocenters. The van der Waals surface area contributed by atoms with E-state index < -0.39 is 5.91 Å². The van der Waals surface area contributed by atoms with E-state index in [4.69, 9.17) is 5.21 Å². The third-order valence-corrected chi connectivity index (χ3v) is 5.67. The second-order valence-electron chi connectivity index (χ2n) is 7.14. The van der Waals surface area contributed by atoms with Gasteiger partial charge >= 0.3 is 0 Å². The lowest BCUT2D eigenvalue weighted by Crippen LogP contribution is -2.28. The fraction of sp³-hybridized carbons (Fsp3) is 0.333. The summed E-state index contributed by atoms with van der Waals surface area (Å²) in [5.74, 6) is -0.164. The van der Waals surface area contributed by atoms with E-state index in [1.165, 1.54) is 5.56 Å². The summed E-state index contributed by atoms with van der Waals surface area (Å²) in [6, 6.07) is 15.6. The van der Waals surface area contributed by atoms with Gasteiger partial charge in [-0.25, -0.2) is 5.48 Å². The number of hydrogen-bond acceptors (Lipinski definition) is 3. The van der Waals surface area contributed by atoms with Gasteiger partial charge < -0.3 is 4.90 Å². The molecule has 0 spiro atoms. The minimum absolute atomic E-state index is 0.0209. The van der Waals surface area contributed by atoms with E-state index in [1.54, 1.807) is 11.5 Å². The van der Waals surface area contributed by atoms with Crippen molar-refractivity contribution in [1.82, 2.24) is 10.4 Å². The maximum Gasteiger partial charge on any atom is 0.274 e. The summed E-state index contributed by atoms with van der Waals surface area (Å²) in [5, 5.41) is 8.87. The largest absolute Gasteiger partial charge is 0.338 e. The van der Waals surface area contributed by atoms with E-state index in [0.29, 0.717) is 12.1 Å². The number of carbonyl (C=O) groups is 2. The standard InChI is InChI=1S/C21H22N2O3/c24-20(22-26)16-7-6-15-8-9-17(19(15)12-16)18-10-11-23(21(18)25)13-14-4-2-1-3-5-14/h1-7,12,17-18,26H,8-11,13H2,(H,22,24). The highest BCUT2D eigenvalue weighted by atomic mass is 16.5. The number of amides is 2. The number of rotatable bonds is 4. The minimum Gasteiger partial charge on any atom is -0.338 e. The number of nitrogens with one attached hydrogen (secondary N) is 1. The number of fused-ring (bicyclic) bond motifs is 1. The van der Waals surface area contributed by atoms with Crippen LogP contribution in [0, 0.1) is 5.92 Å². The molecule has 2 aromatic carbocycles. The molecule has 0 aromatic heterocycles. The molecule has 26 heavy (non-hydrogen) atoms. The first kappa shape index (κ1) is 16.8. The molecule has 2 aliphatic rings. The lowest BCUT2D eigenvalue weighted by atomic mass is 9.85. The predicted molar refractivity (Wildman–Crippen MR) is 96.7 cm³/mol. The van der Waals surface area contributed by atoms with Crippen LogP contribution in [0.2, 0.25) is 0 Å². The van der Waals surface area contributed by atoms with Gasteiger partial charge in [-0.2, -0.15) is 0 Å². The van der Waals surface area contributed by atoms with Gasteiger partial charge in [0.15, 0.2) is 0 Å². The summed E-state index contributed by atoms with van der Waals surface area (Å²) >= 11 is 0. The van der Waals surface area contributed by atoms with E-state index in [-0.39, 0.29) is 17.7 Å². The van der Waals surface area contributed by atoms with Crippen molar-refractivity contribution in [1.29, 1.82) is 0 Å². The normalized spacial score (nSPS) is 21.7. The van der Waals surface area contributed by atoms with Crippen LogP contribution in [-0.2, 0) is 17.8 Å². The third kappa shape index (κ3) is 2.99. The Balaban J connectivity index is 1.53. The molecule has 134 valence electrons. The quantitative estimate of drug-likeness (QED) is 0.658. The summed E-state index contributed by atoms with van der Waals surface area (Å²) in [6.45, 7) is 1.43. The average Bonchev–Trinajstić information content (AvgIpc) is 3.25. The molecule has 4 rings (SSSR count).